The average molecular weight is 400 g/mol. The highest BCUT2D eigenvalue weighted by molar-refractivity contribution is 5.88. The molecule has 0 unspecified atom stereocenters. The van der Waals surface area contributed by atoms with Crippen LogP contribution in [0.25, 0.3) is 11.1 Å². The Kier molecular flexibility index (Phi) is 5.11. The summed E-state index contributed by atoms with van der Waals surface area (Å²) in [7, 11) is 6.58. The molecule has 6 nitrogen and oxygen atoms in total. The first-order valence-electron chi connectivity index (χ1n) is 9.85. The van der Waals surface area contributed by atoms with Gasteiger partial charge in [-0.15, -0.1) is 0 Å². The largest absolute Gasteiger partial charge is 0.493 e. The van der Waals surface area contributed by atoms with Crippen molar-refractivity contribution >= 4 is 0 Å². The number of methoxy groups -OCH3 is 4. The zero-order valence-corrected chi connectivity index (χ0v) is 17.9. The second-order valence-corrected chi connectivity index (χ2v) is 7.72. The lowest BCUT2D eigenvalue weighted by Gasteiger charge is -2.30. The van der Waals surface area contributed by atoms with Gasteiger partial charge in [-0.3, -0.25) is 0 Å². The lowest BCUT2D eigenvalue weighted by atomic mass is 9.77. The van der Waals surface area contributed by atoms with E-state index in [1.807, 2.05) is 0 Å². The first-order chi connectivity index (χ1) is 14.0. The topological polar surface area (TPSA) is 55.4 Å². The Labute approximate surface area is 171 Å². The summed E-state index contributed by atoms with van der Waals surface area (Å²) in [6, 6.07) is 4.13. The van der Waals surface area contributed by atoms with Gasteiger partial charge in [0.05, 0.1) is 28.4 Å². The Morgan fingerprint density at radius 1 is 0.724 bits per heavy atom. The SMILES string of the molecule is COc1cc2c(c(OC)c1OC)-c1c(cc3c(c1OC)OCO3)C[C@H](C)[C@@H](C)C2. The van der Waals surface area contributed by atoms with Gasteiger partial charge >= 0.3 is 0 Å². The highest BCUT2D eigenvalue weighted by Crippen LogP contribution is 2.56. The quantitative estimate of drug-likeness (QED) is 0.754. The van der Waals surface area contributed by atoms with Gasteiger partial charge in [-0.1, -0.05) is 13.8 Å². The predicted octanol–water partition coefficient (Wildman–Crippen LogP) is 4.49. The van der Waals surface area contributed by atoms with Crippen molar-refractivity contribution in [3.05, 3.63) is 23.3 Å². The lowest BCUT2D eigenvalue weighted by molar-refractivity contribution is 0.171. The molecule has 1 aliphatic heterocycles. The predicted molar refractivity (Wildman–Crippen MR) is 110 cm³/mol. The van der Waals surface area contributed by atoms with E-state index in [-0.39, 0.29) is 6.79 Å². The van der Waals surface area contributed by atoms with E-state index in [4.69, 9.17) is 28.4 Å². The number of hydrogen-bond donors (Lipinski definition) is 0. The number of rotatable bonds is 4. The molecule has 0 saturated carbocycles. The maximum atomic E-state index is 5.88. The smallest absolute Gasteiger partial charge is 0.231 e. The monoisotopic (exact) mass is 400 g/mol. The Balaban J connectivity index is 2.12. The molecule has 0 saturated heterocycles. The molecule has 2 aromatic carbocycles. The van der Waals surface area contributed by atoms with E-state index < -0.39 is 0 Å². The van der Waals surface area contributed by atoms with Crippen LogP contribution < -0.4 is 28.4 Å². The average Bonchev–Trinajstić information content (AvgIpc) is 3.19. The molecule has 0 amide bonds. The van der Waals surface area contributed by atoms with Crippen molar-refractivity contribution in [3.8, 4) is 45.6 Å². The molecule has 2 atom stereocenters. The molecule has 0 radical (unpaired) electrons. The maximum Gasteiger partial charge on any atom is 0.231 e. The van der Waals surface area contributed by atoms with Crippen molar-refractivity contribution in [2.24, 2.45) is 11.8 Å². The number of ether oxygens (including phenoxy) is 6. The summed E-state index contributed by atoms with van der Waals surface area (Å²) < 4.78 is 34.5. The van der Waals surface area contributed by atoms with Crippen molar-refractivity contribution in [1.82, 2.24) is 0 Å². The van der Waals surface area contributed by atoms with Gasteiger partial charge in [-0.2, -0.15) is 0 Å². The van der Waals surface area contributed by atoms with Crippen molar-refractivity contribution in [2.75, 3.05) is 35.2 Å². The van der Waals surface area contributed by atoms with E-state index in [1.54, 1.807) is 28.4 Å². The fourth-order valence-electron chi connectivity index (χ4n) is 4.43. The van der Waals surface area contributed by atoms with Crippen molar-refractivity contribution in [3.63, 3.8) is 0 Å². The summed E-state index contributed by atoms with van der Waals surface area (Å²) >= 11 is 0. The number of benzene rings is 2. The van der Waals surface area contributed by atoms with Crippen LogP contribution in [0, 0.1) is 11.8 Å². The molecule has 0 N–H and O–H groups in total. The minimum absolute atomic E-state index is 0.191. The van der Waals surface area contributed by atoms with Crippen molar-refractivity contribution in [1.29, 1.82) is 0 Å². The first-order valence-corrected chi connectivity index (χ1v) is 9.85. The summed E-state index contributed by atoms with van der Waals surface area (Å²) in [6.45, 7) is 4.76. The molecule has 0 spiro atoms. The van der Waals surface area contributed by atoms with E-state index in [1.165, 1.54) is 0 Å². The molecule has 1 heterocycles. The molecular formula is C23H28O6. The van der Waals surface area contributed by atoms with Crippen LogP contribution >= 0.6 is 0 Å². The van der Waals surface area contributed by atoms with Gasteiger partial charge in [0.1, 0.15) is 0 Å². The zero-order valence-electron chi connectivity index (χ0n) is 17.9. The van der Waals surface area contributed by atoms with E-state index in [0.29, 0.717) is 40.6 Å². The van der Waals surface area contributed by atoms with Crippen LogP contribution in [0.3, 0.4) is 0 Å². The van der Waals surface area contributed by atoms with E-state index in [2.05, 4.69) is 26.0 Å². The van der Waals surface area contributed by atoms with Crippen molar-refractivity contribution in [2.45, 2.75) is 26.7 Å². The lowest BCUT2D eigenvalue weighted by Crippen LogP contribution is -2.18. The highest BCUT2D eigenvalue weighted by Gasteiger charge is 2.34. The Bertz CT molecular complexity index is 936. The van der Waals surface area contributed by atoms with Crippen molar-refractivity contribution < 1.29 is 28.4 Å². The first kappa shape index (κ1) is 19.6. The van der Waals surface area contributed by atoms with Crippen LogP contribution in [0.15, 0.2) is 12.1 Å². The zero-order chi connectivity index (χ0) is 20.7. The fraction of sp³-hybridized carbons (Fsp3) is 0.478. The normalized spacial score (nSPS) is 19.5. The Morgan fingerprint density at radius 3 is 1.90 bits per heavy atom. The summed E-state index contributed by atoms with van der Waals surface area (Å²) in [5.74, 6) is 4.85. The molecule has 2 aliphatic rings. The summed E-state index contributed by atoms with van der Waals surface area (Å²) in [4.78, 5) is 0. The molecule has 1 aliphatic carbocycles. The van der Waals surface area contributed by atoms with Gasteiger partial charge in [0.2, 0.25) is 18.3 Å². The second-order valence-electron chi connectivity index (χ2n) is 7.72. The van der Waals surface area contributed by atoms with Crippen LogP contribution in [0.5, 0.6) is 34.5 Å². The van der Waals surface area contributed by atoms with Gasteiger partial charge in [0.25, 0.3) is 0 Å². The van der Waals surface area contributed by atoms with Gasteiger partial charge < -0.3 is 28.4 Å². The van der Waals surface area contributed by atoms with Gasteiger partial charge in [-0.25, -0.2) is 0 Å². The molecule has 0 fully saturated rings. The molecular weight excluding hydrogens is 372 g/mol. The third kappa shape index (κ3) is 3.02. The summed E-state index contributed by atoms with van der Waals surface area (Å²) in [5, 5.41) is 0. The molecule has 0 aromatic heterocycles. The fourth-order valence-corrected chi connectivity index (χ4v) is 4.43. The molecule has 156 valence electrons. The molecule has 6 heteroatoms. The minimum atomic E-state index is 0.191. The van der Waals surface area contributed by atoms with Gasteiger partial charge in [0.15, 0.2) is 23.0 Å². The number of hydrogen-bond acceptors (Lipinski definition) is 6. The van der Waals surface area contributed by atoms with Crippen LogP contribution in [-0.2, 0) is 12.8 Å². The third-order valence-electron chi connectivity index (χ3n) is 6.12. The minimum Gasteiger partial charge on any atom is -0.493 e. The molecule has 0 bridgehead atoms. The standard InChI is InChI=1S/C23H28O6/c1-12-7-14-9-16(24-3)20(25-4)22(26-5)18(14)19-15(8-13(12)2)10-17-21(23(19)27-6)29-11-28-17/h9-10,12-13H,7-8,11H2,1-6H3/t12-,13-/m0/s1. The van der Waals surface area contributed by atoms with Crippen LogP contribution in [0.1, 0.15) is 25.0 Å². The summed E-state index contributed by atoms with van der Waals surface area (Å²) in [5.41, 5.74) is 4.23. The van der Waals surface area contributed by atoms with Crippen LogP contribution in [0.4, 0.5) is 0 Å². The third-order valence-corrected chi connectivity index (χ3v) is 6.12. The van der Waals surface area contributed by atoms with E-state index in [9.17, 15) is 0 Å². The van der Waals surface area contributed by atoms with Crippen LogP contribution in [-0.4, -0.2) is 35.2 Å². The summed E-state index contributed by atoms with van der Waals surface area (Å²) in [6.07, 6.45) is 1.80. The Hall–Kier alpha value is -2.76. The number of fused-ring (bicyclic) bond motifs is 4. The van der Waals surface area contributed by atoms with Crippen LogP contribution in [0.2, 0.25) is 0 Å². The Morgan fingerprint density at radius 2 is 1.31 bits per heavy atom. The van der Waals surface area contributed by atoms with Gasteiger partial charge in [-0.05, 0) is 47.9 Å². The van der Waals surface area contributed by atoms with E-state index >= 15 is 0 Å². The maximum absolute atomic E-state index is 5.88. The molecule has 2 aromatic rings. The van der Waals surface area contributed by atoms with Gasteiger partial charge in [0, 0.05) is 11.1 Å². The molecule has 29 heavy (non-hydrogen) atoms. The second kappa shape index (κ2) is 7.58. The van der Waals surface area contributed by atoms with E-state index in [0.717, 1.165) is 40.8 Å². The highest BCUT2D eigenvalue weighted by atomic mass is 16.7. The molecule has 4 rings (SSSR count).